The van der Waals surface area contributed by atoms with Crippen molar-refractivity contribution < 1.29 is 9.47 Å². The maximum atomic E-state index is 5.11. The summed E-state index contributed by atoms with van der Waals surface area (Å²) >= 11 is 4.30. The molecule has 15 heavy (non-hydrogen) atoms. The van der Waals surface area contributed by atoms with Gasteiger partial charge in [-0.2, -0.15) is 12.6 Å². The van der Waals surface area contributed by atoms with Crippen molar-refractivity contribution in [3.05, 3.63) is 23.8 Å². The van der Waals surface area contributed by atoms with Gasteiger partial charge in [-0.25, -0.2) is 9.97 Å². The number of thiol groups is 1. The van der Waals surface area contributed by atoms with Gasteiger partial charge in [0.05, 0.1) is 5.69 Å². The van der Waals surface area contributed by atoms with Crippen LogP contribution < -0.4 is 0 Å². The van der Waals surface area contributed by atoms with E-state index < -0.39 is 6.29 Å². The molecule has 0 N–H and O–H groups in total. The summed E-state index contributed by atoms with van der Waals surface area (Å²) in [5.41, 5.74) is 0.735. The third kappa shape index (κ3) is 3.77. The van der Waals surface area contributed by atoms with Gasteiger partial charge in [-0.3, -0.25) is 0 Å². The van der Waals surface area contributed by atoms with Gasteiger partial charge in [-0.1, -0.05) is 6.92 Å². The van der Waals surface area contributed by atoms with E-state index in [1.165, 1.54) is 0 Å². The Hall–Kier alpha value is -0.650. The maximum absolute atomic E-state index is 5.11. The van der Waals surface area contributed by atoms with Crippen molar-refractivity contribution in [2.45, 2.75) is 24.9 Å². The lowest BCUT2D eigenvalue weighted by Gasteiger charge is -2.13. The van der Waals surface area contributed by atoms with Crippen LogP contribution in [0.5, 0.6) is 0 Å². The van der Waals surface area contributed by atoms with E-state index in [4.69, 9.17) is 9.47 Å². The molecule has 0 amide bonds. The molecular weight excluding hydrogens is 212 g/mol. The minimum atomic E-state index is -0.429. The van der Waals surface area contributed by atoms with Crippen LogP contribution in [0, 0.1) is 0 Å². The van der Waals surface area contributed by atoms with Crippen molar-refractivity contribution in [2.24, 2.45) is 0 Å². The quantitative estimate of drug-likeness (QED) is 0.614. The maximum Gasteiger partial charge on any atom is 0.200 e. The van der Waals surface area contributed by atoms with E-state index in [9.17, 15) is 0 Å². The van der Waals surface area contributed by atoms with E-state index in [-0.39, 0.29) is 5.25 Å². The molecule has 1 atom stereocenters. The van der Waals surface area contributed by atoms with Gasteiger partial charge in [-0.15, -0.1) is 0 Å². The molecule has 0 fully saturated rings. The Balaban J connectivity index is 2.81. The number of hydrogen-bond acceptors (Lipinski definition) is 5. The van der Waals surface area contributed by atoms with E-state index in [0.29, 0.717) is 0 Å². The van der Waals surface area contributed by atoms with Crippen LogP contribution in [0.4, 0.5) is 0 Å². The van der Waals surface area contributed by atoms with Crippen LogP contribution in [0.15, 0.2) is 12.3 Å². The zero-order valence-electron chi connectivity index (χ0n) is 9.17. The molecule has 0 aliphatic rings. The molecule has 4 nitrogen and oxygen atoms in total. The monoisotopic (exact) mass is 228 g/mol. The van der Waals surface area contributed by atoms with Gasteiger partial charge in [0, 0.05) is 32.1 Å². The van der Waals surface area contributed by atoms with Gasteiger partial charge in [0.2, 0.25) is 6.29 Å². The van der Waals surface area contributed by atoms with E-state index in [0.717, 1.165) is 17.9 Å². The van der Waals surface area contributed by atoms with E-state index >= 15 is 0 Å². The van der Waals surface area contributed by atoms with Gasteiger partial charge in [-0.05, 0) is 6.07 Å². The second-order valence-corrected chi connectivity index (χ2v) is 4.14. The van der Waals surface area contributed by atoms with Crippen LogP contribution in [-0.2, 0) is 15.9 Å². The Bertz CT molecular complexity index is 303. The second-order valence-electron chi connectivity index (χ2n) is 3.25. The number of rotatable bonds is 5. The molecule has 0 spiro atoms. The van der Waals surface area contributed by atoms with E-state index in [2.05, 4.69) is 22.6 Å². The Morgan fingerprint density at radius 2 is 2.07 bits per heavy atom. The number of hydrogen-bond donors (Lipinski definition) is 1. The molecule has 0 aliphatic heterocycles. The van der Waals surface area contributed by atoms with Crippen LogP contribution in [-0.4, -0.2) is 29.4 Å². The average Bonchev–Trinajstić information content (AvgIpc) is 2.19. The highest BCUT2D eigenvalue weighted by Crippen LogP contribution is 2.14. The zero-order valence-corrected chi connectivity index (χ0v) is 10.1. The van der Waals surface area contributed by atoms with Crippen LogP contribution in [0.2, 0.25) is 0 Å². The van der Waals surface area contributed by atoms with Crippen LogP contribution in [0.25, 0.3) is 0 Å². The molecular formula is C10H16N2O2S. The molecule has 0 bridgehead atoms. The minimum Gasteiger partial charge on any atom is -0.350 e. The lowest BCUT2D eigenvalue weighted by molar-refractivity contribution is -0.108. The number of nitrogens with zero attached hydrogens (tertiary/aromatic N) is 2. The molecule has 0 saturated carbocycles. The number of ether oxygens (including phenoxy) is 2. The molecule has 1 aromatic rings. The van der Waals surface area contributed by atoms with Crippen molar-refractivity contribution in [1.29, 1.82) is 0 Å². The topological polar surface area (TPSA) is 44.2 Å². The molecule has 0 saturated heterocycles. The Kier molecular flexibility index (Phi) is 5.01. The predicted octanol–water partition coefficient (Wildman–Crippen LogP) is 1.63. The van der Waals surface area contributed by atoms with Gasteiger partial charge in [0.15, 0.2) is 0 Å². The van der Waals surface area contributed by atoms with Crippen LogP contribution >= 0.6 is 12.6 Å². The summed E-state index contributed by atoms with van der Waals surface area (Å²) in [7, 11) is 3.16. The van der Waals surface area contributed by atoms with Gasteiger partial charge in [0.25, 0.3) is 0 Å². The normalized spacial score (nSPS) is 13.1. The first-order valence-corrected chi connectivity index (χ1v) is 5.24. The third-order valence-corrected chi connectivity index (χ3v) is 2.06. The minimum absolute atomic E-state index is 0.240. The second kappa shape index (κ2) is 6.05. The molecule has 84 valence electrons. The van der Waals surface area contributed by atoms with Crippen molar-refractivity contribution in [2.75, 3.05) is 14.2 Å². The number of methoxy groups -OCH3 is 2. The van der Waals surface area contributed by atoms with Crippen molar-refractivity contribution in [3.63, 3.8) is 0 Å². The Labute approximate surface area is 95.4 Å². The van der Waals surface area contributed by atoms with Crippen molar-refractivity contribution >= 4 is 12.6 Å². The summed E-state index contributed by atoms with van der Waals surface area (Å²) in [6, 6.07) is 1.78. The first-order chi connectivity index (χ1) is 7.17. The Morgan fingerprint density at radius 1 is 1.40 bits per heavy atom. The average molecular weight is 228 g/mol. The van der Waals surface area contributed by atoms with Crippen molar-refractivity contribution in [1.82, 2.24) is 9.97 Å². The Morgan fingerprint density at radius 3 is 2.60 bits per heavy atom. The van der Waals surface area contributed by atoms with Crippen LogP contribution in [0.1, 0.15) is 24.7 Å². The third-order valence-electron chi connectivity index (χ3n) is 1.87. The standard InChI is InChI=1S/C10H16N2O2S/c1-7(15)6-9-11-5-4-8(12-9)10(13-2)14-3/h4-5,7,10,15H,6H2,1-3H3. The SMILES string of the molecule is COC(OC)c1ccnc(CC(C)S)n1. The highest BCUT2D eigenvalue weighted by molar-refractivity contribution is 7.80. The highest BCUT2D eigenvalue weighted by Gasteiger charge is 2.11. The van der Waals surface area contributed by atoms with E-state index in [1.807, 2.05) is 6.92 Å². The fourth-order valence-electron chi connectivity index (χ4n) is 1.25. The molecule has 0 aliphatic carbocycles. The van der Waals surface area contributed by atoms with Gasteiger partial charge >= 0.3 is 0 Å². The molecule has 1 aromatic heterocycles. The zero-order chi connectivity index (χ0) is 11.3. The summed E-state index contributed by atoms with van der Waals surface area (Å²) in [6.07, 6.45) is 2.01. The summed E-state index contributed by atoms with van der Waals surface area (Å²) in [6.45, 7) is 2.00. The molecule has 0 radical (unpaired) electrons. The van der Waals surface area contributed by atoms with Gasteiger partial charge in [0.1, 0.15) is 5.82 Å². The van der Waals surface area contributed by atoms with Gasteiger partial charge < -0.3 is 9.47 Å². The van der Waals surface area contributed by atoms with Crippen LogP contribution in [0.3, 0.4) is 0 Å². The highest BCUT2D eigenvalue weighted by atomic mass is 32.1. The first-order valence-electron chi connectivity index (χ1n) is 4.72. The summed E-state index contributed by atoms with van der Waals surface area (Å²) in [5, 5.41) is 0.240. The smallest absolute Gasteiger partial charge is 0.200 e. The molecule has 0 aromatic carbocycles. The summed E-state index contributed by atoms with van der Waals surface area (Å²) in [5.74, 6) is 0.758. The fourth-order valence-corrected chi connectivity index (χ4v) is 1.41. The number of aromatic nitrogens is 2. The molecule has 5 heteroatoms. The molecule has 1 rings (SSSR count). The lowest BCUT2D eigenvalue weighted by atomic mass is 10.3. The summed E-state index contributed by atoms with van der Waals surface area (Å²) < 4.78 is 10.2. The van der Waals surface area contributed by atoms with Crippen molar-refractivity contribution in [3.8, 4) is 0 Å². The molecule has 1 unspecified atom stereocenters. The summed E-state index contributed by atoms with van der Waals surface area (Å²) in [4.78, 5) is 8.50. The first kappa shape index (κ1) is 12.4. The fraction of sp³-hybridized carbons (Fsp3) is 0.600. The lowest BCUT2D eigenvalue weighted by Crippen LogP contribution is -2.10. The predicted molar refractivity (Wildman–Crippen MR) is 60.9 cm³/mol. The molecule has 1 heterocycles. The largest absolute Gasteiger partial charge is 0.350 e. The van der Waals surface area contributed by atoms with E-state index in [1.54, 1.807) is 26.5 Å².